The van der Waals surface area contributed by atoms with Crippen molar-refractivity contribution in [2.45, 2.75) is 6.54 Å². The van der Waals surface area contributed by atoms with E-state index in [2.05, 4.69) is 15.9 Å². The molecule has 0 spiro atoms. The third-order valence-electron chi connectivity index (χ3n) is 1.04. The molecule has 1 aromatic heterocycles. The molecule has 0 amide bonds. The van der Waals surface area contributed by atoms with Gasteiger partial charge in [-0.25, -0.2) is 4.98 Å². The molecule has 0 saturated heterocycles. The molecule has 0 saturated carbocycles. The van der Waals surface area contributed by atoms with Gasteiger partial charge in [-0.3, -0.25) is 4.79 Å². The Labute approximate surface area is 58.4 Å². The van der Waals surface area contributed by atoms with Gasteiger partial charge in [-0.1, -0.05) is 0 Å². The summed E-state index contributed by atoms with van der Waals surface area (Å²) in [5.74, 6) is -0.286. The van der Waals surface area contributed by atoms with Crippen LogP contribution in [0, 0.1) is 6.20 Å². The Morgan fingerprint density at radius 3 is 3.20 bits per heavy atom. The lowest BCUT2D eigenvalue weighted by molar-refractivity contribution is -0.141. The molecule has 0 atom stereocenters. The molecule has 0 N–H and O–H groups in total. The molecule has 10 heavy (non-hydrogen) atoms. The molecular weight excluding hydrogens is 132 g/mol. The highest BCUT2D eigenvalue weighted by Crippen LogP contribution is 1.85. The van der Waals surface area contributed by atoms with Crippen LogP contribution in [0.1, 0.15) is 0 Å². The summed E-state index contributed by atoms with van der Waals surface area (Å²) in [5, 5.41) is 0. The highest BCUT2D eigenvalue weighted by atomic mass is 16.5. The fourth-order valence-corrected chi connectivity index (χ4v) is 0.548. The fourth-order valence-electron chi connectivity index (χ4n) is 0.548. The van der Waals surface area contributed by atoms with Crippen molar-refractivity contribution in [1.82, 2.24) is 9.55 Å². The lowest BCUT2D eigenvalue weighted by Crippen LogP contribution is -2.09. The molecule has 0 aliphatic carbocycles. The van der Waals surface area contributed by atoms with Crippen LogP contribution < -0.4 is 0 Å². The van der Waals surface area contributed by atoms with Gasteiger partial charge in [-0.2, -0.15) is 0 Å². The van der Waals surface area contributed by atoms with Crippen LogP contribution in [0.4, 0.5) is 0 Å². The highest BCUT2D eigenvalue weighted by Gasteiger charge is 1.98. The summed E-state index contributed by atoms with van der Waals surface area (Å²) in [5.41, 5.74) is 0. The number of carbonyl (C=O) groups excluding carboxylic acids is 1. The zero-order valence-corrected chi connectivity index (χ0v) is 5.57. The van der Waals surface area contributed by atoms with E-state index in [1.807, 2.05) is 0 Å². The average Bonchev–Trinajstić information content (AvgIpc) is 2.40. The first kappa shape index (κ1) is 6.80. The van der Waals surface area contributed by atoms with Crippen molar-refractivity contribution in [3.05, 3.63) is 18.7 Å². The molecule has 0 aromatic carbocycles. The van der Waals surface area contributed by atoms with Gasteiger partial charge in [0.1, 0.15) is 12.7 Å². The zero-order valence-electron chi connectivity index (χ0n) is 5.57. The maximum absolute atomic E-state index is 10.6. The van der Waals surface area contributed by atoms with Crippen molar-refractivity contribution >= 4 is 5.97 Å². The van der Waals surface area contributed by atoms with E-state index in [1.54, 1.807) is 10.8 Å². The quantitative estimate of drug-likeness (QED) is 0.535. The lowest BCUT2D eigenvalue weighted by Gasteiger charge is -1.97. The molecule has 0 bridgehead atoms. The van der Waals surface area contributed by atoms with Gasteiger partial charge in [0.15, 0.2) is 0 Å². The molecule has 1 rings (SSSR count). The fraction of sp³-hybridized carbons (Fsp3) is 0.333. The van der Waals surface area contributed by atoms with Gasteiger partial charge in [0, 0.05) is 6.20 Å². The van der Waals surface area contributed by atoms with E-state index in [1.165, 1.54) is 13.4 Å². The SMILES string of the molecule is COC(=O)Cn1c[c]nc1. The summed E-state index contributed by atoms with van der Waals surface area (Å²) in [7, 11) is 1.35. The van der Waals surface area contributed by atoms with Crippen molar-refractivity contribution in [3.8, 4) is 0 Å². The van der Waals surface area contributed by atoms with Crippen molar-refractivity contribution in [2.75, 3.05) is 7.11 Å². The maximum Gasteiger partial charge on any atom is 0.325 e. The van der Waals surface area contributed by atoms with Crippen LogP contribution in [-0.4, -0.2) is 22.6 Å². The van der Waals surface area contributed by atoms with Crippen LogP contribution in [0.3, 0.4) is 0 Å². The summed E-state index contributed by atoms with van der Waals surface area (Å²) in [6, 6.07) is 0. The van der Waals surface area contributed by atoms with E-state index in [-0.39, 0.29) is 12.5 Å². The normalized spacial score (nSPS) is 9.30. The Morgan fingerprint density at radius 1 is 1.90 bits per heavy atom. The number of hydrogen-bond donors (Lipinski definition) is 0. The van der Waals surface area contributed by atoms with E-state index >= 15 is 0 Å². The van der Waals surface area contributed by atoms with Crippen LogP contribution in [0.5, 0.6) is 0 Å². The third kappa shape index (κ3) is 1.58. The largest absolute Gasteiger partial charge is 0.468 e. The van der Waals surface area contributed by atoms with Crippen LogP contribution in [0.2, 0.25) is 0 Å². The predicted octanol–water partition coefficient (Wildman–Crippen LogP) is -0.144. The molecule has 4 heteroatoms. The molecule has 53 valence electrons. The van der Waals surface area contributed by atoms with Gasteiger partial charge in [-0.05, 0) is 0 Å². The predicted molar refractivity (Wildman–Crippen MR) is 33.1 cm³/mol. The number of imidazole rings is 1. The molecule has 1 heterocycles. The minimum atomic E-state index is -0.286. The zero-order chi connectivity index (χ0) is 7.40. The summed E-state index contributed by atoms with van der Waals surface area (Å²) in [6.07, 6.45) is 5.66. The number of carbonyl (C=O) groups is 1. The van der Waals surface area contributed by atoms with Gasteiger partial charge in [0.05, 0.1) is 13.4 Å². The average molecular weight is 139 g/mol. The minimum absolute atomic E-state index is 0.201. The Balaban J connectivity index is 2.48. The summed E-state index contributed by atoms with van der Waals surface area (Å²) >= 11 is 0. The molecule has 0 aliphatic heterocycles. The number of rotatable bonds is 2. The number of aromatic nitrogens is 2. The first-order valence-corrected chi connectivity index (χ1v) is 2.77. The third-order valence-corrected chi connectivity index (χ3v) is 1.04. The minimum Gasteiger partial charge on any atom is -0.468 e. The van der Waals surface area contributed by atoms with Crippen molar-refractivity contribution in [3.63, 3.8) is 0 Å². The Bertz CT molecular complexity index is 206. The highest BCUT2D eigenvalue weighted by molar-refractivity contribution is 5.68. The van der Waals surface area contributed by atoms with Gasteiger partial charge >= 0.3 is 5.97 Å². The molecule has 0 aliphatic rings. The van der Waals surface area contributed by atoms with Crippen LogP contribution in [0.15, 0.2) is 12.5 Å². The first-order valence-electron chi connectivity index (χ1n) is 2.77. The smallest absolute Gasteiger partial charge is 0.325 e. The van der Waals surface area contributed by atoms with Crippen molar-refractivity contribution in [2.24, 2.45) is 0 Å². The van der Waals surface area contributed by atoms with E-state index in [9.17, 15) is 4.79 Å². The van der Waals surface area contributed by atoms with E-state index in [0.717, 1.165) is 0 Å². The summed E-state index contributed by atoms with van der Waals surface area (Å²) < 4.78 is 6.01. The standard InChI is InChI=1S/C6H7N2O2/c1-10-6(9)4-8-3-2-7-5-8/h3,5H,4H2,1H3. The second-order valence-corrected chi connectivity index (χ2v) is 1.75. The monoisotopic (exact) mass is 139 g/mol. The van der Waals surface area contributed by atoms with E-state index < -0.39 is 0 Å². The van der Waals surface area contributed by atoms with Crippen molar-refractivity contribution in [1.29, 1.82) is 0 Å². The Morgan fingerprint density at radius 2 is 2.70 bits per heavy atom. The lowest BCUT2D eigenvalue weighted by atomic mass is 10.6. The second kappa shape index (κ2) is 3.00. The number of nitrogens with zero attached hydrogens (tertiary/aromatic N) is 2. The molecule has 1 radical (unpaired) electrons. The van der Waals surface area contributed by atoms with Gasteiger partial charge in [0.25, 0.3) is 0 Å². The number of hydrogen-bond acceptors (Lipinski definition) is 3. The Kier molecular flexibility index (Phi) is 2.04. The number of ether oxygens (including phenoxy) is 1. The maximum atomic E-state index is 10.6. The molecule has 1 aromatic rings. The number of methoxy groups -OCH3 is 1. The molecule has 4 nitrogen and oxygen atoms in total. The van der Waals surface area contributed by atoms with Crippen LogP contribution >= 0.6 is 0 Å². The molecular formula is C6H7N2O2. The van der Waals surface area contributed by atoms with E-state index in [4.69, 9.17) is 0 Å². The molecule has 0 fully saturated rings. The van der Waals surface area contributed by atoms with Gasteiger partial charge in [0.2, 0.25) is 0 Å². The van der Waals surface area contributed by atoms with Crippen LogP contribution in [0.25, 0.3) is 0 Å². The second-order valence-electron chi connectivity index (χ2n) is 1.75. The summed E-state index contributed by atoms with van der Waals surface area (Å²) in [6.45, 7) is 0.201. The van der Waals surface area contributed by atoms with Gasteiger partial charge in [-0.15, -0.1) is 0 Å². The topological polar surface area (TPSA) is 44.1 Å². The van der Waals surface area contributed by atoms with Crippen LogP contribution in [-0.2, 0) is 16.1 Å². The number of esters is 1. The Hall–Kier alpha value is -1.32. The van der Waals surface area contributed by atoms with E-state index in [0.29, 0.717) is 0 Å². The molecule has 0 unspecified atom stereocenters. The van der Waals surface area contributed by atoms with Crippen molar-refractivity contribution < 1.29 is 9.53 Å². The van der Waals surface area contributed by atoms with Gasteiger partial charge < -0.3 is 9.30 Å². The summed E-state index contributed by atoms with van der Waals surface area (Å²) in [4.78, 5) is 14.2. The first-order chi connectivity index (χ1) is 4.83.